The van der Waals surface area contributed by atoms with Crippen LogP contribution in [0.5, 0.6) is 0 Å². The van der Waals surface area contributed by atoms with Crippen molar-refractivity contribution in [2.45, 2.75) is 70.5 Å². The topological polar surface area (TPSA) is 43.7 Å². The fourth-order valence-electron chi connectivity index (χ4n) is 4.48. The SMILES string of the molecule is CCCC[C@](C)(O)CC=C[C@@H]1[C@H]2CC(CCSCCN(C)C)=C[C@H]2C[C@H]1O. The summed E-state index contributed by atoms with van der Waals surface area (Å²) in [6.45, 7) is 5.24. The standard InChI is InChI=1S/C23H41NO2S/c1-5-6-10-23(2,26)11-7-8-20-21-16-18(15-19(21)17-22(20)25)9-13-27-14-12-24(3)4/h7-8,15,19-22,25-26H,5-6,9-14,16-17H2,1-4H3/t19-,20+,21-,22+,23-/m0/s1. The molecule has 0 unspecified atom stereocenters. The molecule has 0 saturated heterocycles. The predicted molar refractivity (Wildman–Crippen MR) is 118 cm³/mol. The second-order valence-electron chi connectivity index (χ2n) is 9.14. The van der Waals surface area contributed by atoms with Gasteiger partial charge in [0, 0.05) is 18.2 Å². The van der Waals surface area contributed by atoms with Crippen molar-refractivity contribution in [1.29, 1.82) is 0 Å². The Hall–Kier alpha value is -0.290. The molecule has 3 nitrogen and oxygen atoms in total. The molecule has 2 aliphatic rings. The van der Waals surface area contributed by atoms with Crippen molar-refractivity contribution in [3.63, 3.8) is 0 Å². The van der Waals surface area contributed by atoms with Crippen molar-refractivity contribution in [3.05, 3.63) is 23.8 Å². The van der Waals surface area contributed by atoms with E-state index in [1.165, 1.54) is 17.9 Å². The summed E-state index contributed by atoms with van der Waals surface area (Å²) in [5.74, 6) is 3.79. The van der Waals surface area contributed by atoms with Gasteiger partial charge in [-0.2, -0.15) is 11.8 Å². The number of rotatable bonds is 12. The van der Waals surface area contributed by atoms with Crippen molar-refractivity contribution in [2.75, 3.05) is 32.1 Å². The summed E-state index contributed by atoms with van der Waals surface area (Å²) in [5, 5.41) is 21.0. The van der Waals surface area contributed by atoms with E-state index in [2.05, 4.69) is 44.1 Å². The molecule has 1 fully saturated rings. The molecule has 0 heterocycles. The Morgan fingerprint density at radius 2 is 2.11 bits per heavy atom. The minimum absolute atomic E-state index is 0.218. The Morgan fingerprint density at radius 3 is 2.81 bits per heavy atom. The fourth-order valence-corrected chi connectivity index (χ4v) is 5.59. The fraction of sp³-hybridized carbons (Fsp3) is 0.826. The van der Waals surface area contributed by atoms with Crippen LogP contribution in [0.25, 0.3) is 0 Å². The zero-order chi connectivity index (χ0) is 19.9. The molecule has 0 amide bonds. The Bertz CT molecular complexity index is 501. The quantitative estimate of drug-likeness (QED) is 0.377. The van der Waals surface area contributed by atoms with Gasteiger partial charge in [0.05, 0.1) is 11.7 Å². The van der Waals surface area contributed by atoms with E-state index in [0.29, 0.717) is 18.3 Å². The van der Waals surface area contributed by atoms with Gasteiger partial charge in [-0.3, -0.25) is 0 Å². The molecule has 0 aromatic carbocycles. The molecule has 0 spiro atoms. The molecule has 2 rings (SSSR count). The molecule has 0 aliphatic heterocycles. The normalized spacial score (nSPS) is 30.1. The van der Waals surface area contributed by atoms with Crippen molar-refractivity contribution in [1.82, 2.24) is 4.90 Å². The van der Waals surface area contributed by atoms with Crippen molar-refractivity contribution in [3.8, 4) is 0 Å². The summed E-state index contributed by atoms with van der Waals surface area (Å²) in [4.78, 5) is 2.24. The van der Waals surface area contributed by atoms with Gasteiger partial charge in [0.15, 0.2) is 0 Å². The van der Waals surface area contributed by atoms with Crippen LogP contribution in [0.3, 0.4) is 0 Å². The van der Waals surface area contributed by atoms with Gasteiger partial charge in [0.25, 0.3) is 0 Å². The Morgan fingerprint density at radius 1 is 1.33 bits per heavy atom. The van der Waals surface area contributed by atoms with Gasteiger partial charge in [-0.25, -0.2) is 0 Å². The van der Waals surface area contributed by atoms with Crippen LogP contribution in [0.15, 0.2) is 23.8 Å². The lowest BCUT2D eigenvalue weighted by Gasteiger charge is -2.22. The van der Waals surface area contributed by atoms with Gasteiger partial charge < -0.3 is 15.1 Å². The average molecular weight is 396 g/mol. The first-order valence-corrected chi connectivity index (χ1v) is 12.0. The van der Waals surface area contributed by atoms with E-state index in [4.69, 9.17) is 0 Å². The zero-order valence-corrected chi connectivity index (χ0v) is 18.7. The number of fused-ring (bicyclic) bond motifs is 1. The van der Waals surface area contributed by atoms with Crippen molar-refractivity contribution in [2.24, 2.45) is 17.8 Å². The number of unbranched alkanes of at least 4 members (excludes halogenated alkanes) is 1. The smallest absolute Gasteiger partial charge is 0.0654 e. The molecule has 1 saturated carbocycles. The third kappa shape index (κ3) is 7.56. The number of nitrogens with zero attached hydrogens (tertiary/aromatic N) is 1. The molecular formula is C23H41NO2S. The summed E-state index contributed by atoms with van der Waals surface area (Å²) < 4.78 is 0. The molecular weight excluding hydrogens is 354 g/mol. The molecule has 4 heteroatoms. The summed E-state index contributed by atoms with van der Waals surface area (Å²) in [5.41, 5.74) is 0.987. The van der Waals surface area contributed by atoms with E-state index < -0.39 is 5.60 Å². The van der Waals surface area contributed by atoms with Gasteiger partial charge in [0.1, 0.15) is 0 Å². The highest BCUT2D eigenvalue weighted by Gasteiger charge is 2.43. The van der Waals surface area contributed by atoms with Crippen LogP contribution in [0, 0.1) is 17.8 Å². The van der Waals surface area contributed by atoms with Crippen LogP contribution in [0.4, 0.5) is 0 Å². The van der Waals surface area contributed by atoms with Gasteiger partial charge in [0.2, 0.25) is 0 Å². The van der Waals surface area contributed by atoms with Crippen LogP contribution < -0.4 is 0 Å². The summed E-state index contributed by atoms with van der Waals surface area (Å²) in [7, 11) is 4.26. The van der Waals surface area contributed by atoms with E-state index in [9.17, 15) is 10.2 Å². The van der Waals surface area contributed by atoms with Gasteiger partial charge in [-0.1, -0.05) is 43.6 Å². The molecule has 0 radical (unpaired) electrons. The monoisotopic (exact) mass is 395 g/mol. The molecule has 0 aromatic rings. The Balaban J connectivity index is 1.77. The van der Waals surface area contributed by atoms with Gasteiger partial charge in [-0.05, 0) is 70.7 Å². The summed E-state index contributed by atoms with van der Waals surface area (Å²) >= 11 is 2.05. The Kier molecular flexibility index (Phi) is 9.40. The van der Waals surface area contributed by atoms with Crippen LogP contribution >= 0.6 is 11.8 Å². The number of aliphatic hydroxyl groups is 2. The van der Waals surface area contributed by atoms with Crippen molar-refractivity contribution >= 4 is 11.8 Å². The van der Waals surface area contributed by atoms with Crippen LogP contribution in [0.2, 0.25) is 0 Å². The predicted octanol–water partition coefficient (Wildman–Crippen LogP) is 4.50. The molecule has 156 valence electrons. The largest absolute Gasteiger partial charge is 0.392 e. The number of thioether (sulfide) groups is 1. The molecule has 0 aromatic heterocycles. The van der Waals surface area contributed by atoms with Crippen LogP contribution in [-0.2, 0) is 0 Å². The third-order valence-electron chi connectivity index (χ3n) is 6.19. The van der Waals surface area contributed by atoms with E-state index in [-0.39, 0.29) is 12.0 Å². The first-order valence-electron chi connectivity index (χ1n) is 10.8. The second kappa shape index (κ2) is 11.0. The van der Waals surface area contributed by atoms with Gasteiger partial charge in [-0.15, -0.1) is 0 Å². The first-order chi connectivity index (χ1) is 12.8. The molecule has 27 heavy (non-hydrogen) atoms. The minimum atomic E-state index is -0.613. The lowest BCUT2D eigenvalue weighted by Crippen LogP contribution is -2.23. The minimum Gasteiger partial charge on any atom is -0.392 e. The maximum absolute atomic E-state index is 10.5. The third-order valence-corrected chi connectivity index (χ3v) is 7.15. The van der Waals surface area contributed by atoms with E-state index in [1.54, 1.807) is 5.57 Å². The average Bonchev–Trinajstić information content (AvgIpc) is 3.10. The van der Waals surface area contributed by atoms with Gasteiger partial charge >= 0.3 is 0 Å². The van der Waals surface area contributed by atoms with E-state index in [0.717, 1.165) is 38.6 Å². The first kappa shape index (κ1) is 23.0. The maximum atomic E-state index is 10.5. The lowest BCUT2D eigenvalue weighted by molar-refractivity contribution is 0.0513. The molecule has 5 atom stereocenters. The molecule has 0 bridgehead atoms. The van der Waals surface area contributed by atoms with E-state index >= 15 is 0 Å². The highest BCUT2D eigenvalue weighted by Crippen LogP contribution is 2.48. The highest BCUT2D eigenvalue weighted by atomic mass is 32.2. The molecule has 2 N–H and O–H groups in total. The van der Waals surface area contributed by atoms with Crippen LogP contribution in [-0.4, -0.2) is 59.0 Å². The summed E-state index contributed by atoms with van der Waals surface area (Å²) in [6.07, 6.45) is 13.6. The van der Waals surface area contributed by atoms with Crippen LogP contribution in [0.1, 0.15) is 58.8 Å². The lowest BCUT2D eigenvalue weighted by atomic mass is 9.88. The van der Waals surface area contributed by atoms with Crippen molar-refractivity contribution < 1.29 is 10.2 Å². The summed E-state index contributed by atoms with van der Waals surface area (Å²) in [6, 6.07) is 0. The zero-order valence-electron chi connectivity index (χ0n) is 17.9. The number of hydrogen-bond acceptors (Lipinski definition) is 4. The maximum Gasteiger partial charge on any atom is 0.0654 e. The number of allylic oxidation sites excluding steroid dienone is 2. The number of aliphatic hydroxyl groups excluding tert-OH is 1. The second-order valence-corrected chi connectivity index (χ2v) is 10.4. The Labute approximate surface area is 171 Å². The highest BCUT2D eigenvalue weighted by molar-refractivity contribution is 7.99. The molecule has 2 aliphatic carbocycles. The number of hydrogen-bond donors (Lipinski definition) is 2. The van der Waals surface area contributed by atoms with E-state index in [1.807, 2.05) is 18.7 Å².